The maximum Gasteiger partial charge on any atom is 1.00 e. The SMILES string of the molecule is O=C1[N-]CCN1c1ccccc1.[Na+]. The Morgan fingerprint density at radius 3 is 2.46 bits per heavy atom. The van der Waals surface area contributed by atoms with Gasteiger partial charge in [0.15, 0.2) is 6.03 Å². The Morgan fingerprint density at radius 2 is 1.92 bits per heavy atom. The van der Waals surface area contributed by atoms with Crippen LogP contribution in [0.25, 0.3) is 5.32 Å². The minimum atomic E-state index is -0.124. The van der Waals surface area contributed by atoms with Crippen LogP contribution in [0.4, 0.5) is 10.5 Å². The summed E-state index contributed by atoms with van der Waals surface area (Å²) in [5.41, 5.74) is 0.934. The Balaban J connectivity index is 0.000000845. The van der Waals surface area contributed by atoms with Crippen molar-refractivity contribution >= 4 is 11.7 Å². The zero-order chi connectivity index (χ0) is 8.39. The number of benzene rings is 1. The fourth-order valence-corrected chi connectivity index (χ4v) is 1.27. The number of para-hydroxylation sites is 1. The van der Waals surface area contributed by atoms with Gasteiger partial charge in [0, 0.05) is 0 Å². The van der Waals surface area contributed by atoms with Crippen LogP contribution in [0, 0.1) is 0 Å². The first-order valence-electron chi connectivity index (χ1n) is 3.92. The largest absolute Gasteiger partial charge is 1.00 e. The predicted octanol–water partition coefficient (Wildman–Crippen LogP) is -0.996. The summed E-state index contributed by atoms with van der Waals surface area (Å²) in [5, 5.41) is 3.78. The fraction of sp³-hybridized carbons (Fsp3) is 0.222. The molecule has 1 aromatic carbocycles. The van der Waals surface area contributed by atoms with Crippen LogP contribution in [0.3, 0.4) is 0 Å². The number of carbonyl (C=O) groups excluding carboxylic acids is 1. The minimum absolute atomic E-state index is 0. The van der Waals surface area contributed by atoms with E-state index in [1.165, 1.54) is 0 Å². The third-order valence-corrected chi connectivity index (χ3v) is 1.87. The van der Waals surface area contributed by atoms with Crippen LogP contribution in [0.2, 0.25) is 0 Å². The van der Waals surface area contributed by atoms with E-state index in [0.29, 0.717) is 13.1 Å². The molecule has 0 unspecified atom stereocenters. The van der Waals surface area contributed by atoms with Gasteiger partial charge in [-0.3, -0.25) is 4.79 Å². The molecule has 1 aliphatic heterocycles. The Hall–Kier alpha value is -0.510. The summed E-state index contributed by atoms with van der Waals surface area (Å²) < 4.78 is 0. The van der Waals surface area contributed by atoms with Crippen molar-refractivity contribution in [2.45, 2.75) is 0 Å². The van der Waals surface area contributed by atoms with Crippen molar-refractivity contribution in [3.05, 3.63) is 35.6 Å². The molecule has 2 amide bonds. The number of hydrogen-bond donors (Lipinski definition) is 0. The van der Waals surface area contributed by atoms with Crippen LogP contribution in [0.5, 0.6) is 0 Å². The first kappa shape index (κ1) is 10.6. The molecule has 0 aromatic heterocycles. The second kappa shape index (κ2) is 4.65. The van der Waals surface area contributed by atoms with Crippen LogP contribution in [-0.4, -0.2) is 19.1 Å². The van der Waals surface area contributed by atoms with Crippen LogP contribution in [-0.2, 0) is 0 Å². The van der Waals surface area contributed by atoms with Crippen LogP contribution < -0.4 is 34.5 Å². The monoisotopic (exact) mass is 184 g/mol. The summed E-state index contributed by atoms with van der Waals surface area (Å²) in [6.07, 6.45) is 0. The van der Waals surface area contributed by atoms with E-state index in [0.717, 1.165) is 5.69 Å². The number of hydrogen-bond acceptors (Lipinski definition) is 1. The standard InChI is InChI=1S/C9H10N2O.Na/c12-9-10-6-7-11(9)8-4-2-1-3-5-8;/h1-5H,6-7H2,(H,10,12);/q;+1/p-1. The van der Waals surface area contributed by atoms with Gasteiger partial charge >= 0.3 is 29.6 Å². The Kier molecular flexibility index (Phi) is 3.78. The van der Waals surface area contributed by atoms with E-state index < -0.39 is 0 Å². The zero-order valence-corrected chi connectivity index (χ0v) is 9.60. The molecule has 0 atom stereocenters. The molecule has 1 aromatic rings. The van der Waals surface area contributed by atoms with Crippen molar-refractivity contribution in [1.29, 1.82) is 0 Å². The molecule has 1 fully saturated rings. The number of urea groups is 1. The van der Waals surface area contributed by atoms with Gasteiger partial charge in [0.25, 0.3) is 0 Å². The molecule has 62 valence electrons. The molecule has 0 spiro atoms. The Bertz CT molecular complexity index is 289. The Morgan fingerprint density at radius 1 is 1.23 bits per heavy atom. The second-order valence-electron chi connectivity index (χ2n) is 2.65. The number of rotatable bonds is 1. The van der Waals surface area contributed by atoms with Crippen molar-refractivity contribution < 1.29 is 34.4 Å². The number of anilines is 1. The van der Waals surface area contributed by atoms with Crippen molar-refractivity contribution in [3.63, 3.8) is 0 Å². The third-order valence-electron chi connectivity index (χ3n) is 1.87. The van der Waals surface area contributed by atoms with Gasteiger partial charge in [-0.15, -0.1) is 0 Å². The van der Waals surface area contributed by atoms with Crippen LogP contribution in [0.1, 0.15) is 0 Å². The molecule has 0 aliphatic carbocycles. The first-order chi connectivity index (χ1) is 5.88. The van der Waals surface area contributed by atoms with Gasteiger partial charge in [-0.25, -0.2) is 0 Å². The summed E-state index contributed by atoms with van der Waals surface area (Å²) in [6.45, 7) is 1.33. The molecule has 1 heterocycles. The molecular formula is C9H9N2NaO. The molecule has 1 aliphatic rings. The van der Waals surface area contributed by atoms with Gasteiger partial charge in [0.05, 0.1) is 0 Å². The van der Waals surface area contributed by atoms with E-state index in [2.05, 4.69) is 5.32 Å². The van der Waals surface area contributed by atoms with Crippen molar-refractivity contribution in [2.24, 2.45) is 0 Å². The van der Waals surface area contributed by atoms with E-state index in [1.807, 2.05) is 30.3 Å². The zero-order valence-electron chi connectivity index (χ0n) is 7.60. The van der Waals surface area contributed by atoms with E-state index in [1.54, 1.807) is 4.90 Å². The van der Waals surface area contributed by atoms with Crippen LogP contribution in [0.15, 0.2) is 30.3 Å². The normalized spacial score (nSPS) is 15.1. The van der Waals surface area contributed by atoms with Gasteiger partial charge in [0.1, 0.15) is 0 Å². The van der Waals surface area contributed by atoms with Crippen molar-refractivity contribution in [3.8, 4) is 0 Å². The van der Waals surface area contributed by atoms with Gasteiger partial charge < -0.3 is 10.2 Å². The summed E-state index contributed by atoms with van der Waals surface area (Å²) in [4.78, 5) is 12.8. The molecule has 0 saturated carbocycles. The molecule has 4 heteroatoms. The smallest absolute Gasteiger partial charge is 0.431 e. The van der Waals surface area contributed by atoms with Gasteiger partial charge in [-0.2, -0.15) is 0 Å². The molecule has 0 radical (unpaired) electrons. The summed E-state index contributed by atoms with van der Waals surface area (Å²) in [7, 11) is 0. The predicted molar refractivity (Wildman–Crippen MR) is 47.4 cm³/mol. The van der Waals surface area contributed by atoms with Crippen molar-refractivity contribution in [2.75, 3.05) is 18.0 Å². The third kappa shape index (κ3) is 2.24. The van der Waals surface area contributed by atoms with Gasteiger partial charge in [-0.05, 0) is 18.8 Å². The average molecular weight is 184 g/mol. The van der Waals surface area contributed by atoms with Crippen molar-refractivity contribution in [1.82, 2.24) is 0 Å². The molecule has 13 heavy (non-hydrogen) atoms. The van der Waals surface area contributed by atoms with E-state index >= 15 is 0 Å². The molecule has 3 nitrogen and oxygen atoms in total. The number of nitrogens with zero attached hydrogens (tertiary/aromatic N) is 2. The topological polar surface area (TPSA) is 34.4 Å². The molecule has 0 N–H and O–H groups in total. The molecular weight excluding hydrogens is 175 g/mol. The van der Waals surface area contributed by atoms with E-state index in [-0.39, 0.29) is 35.6 Å². The average Bonchev–Trinajstić information content (AvgIpc) is 2.53. The quantitative estimate of drug-likeness (QED) is 0.516. The summed E-state index contributed by atoms with van der Waals surface area (Å²) in [6, 6.07) is 9.47. The summed E-state index contributed by atoms with van der Waals surface area (Å²) in [5.74, 6) is 0. The second-order valence-corrected chi connectivity index (χ2v) is 2.65. The van der Waals surface area contributed by atoms with Crippen LogP contribution >= 0.6 is 0 Å². The molecule has 0 bridgehead atoms. The maximum absolute atomic E-state index is 11.1. The molecule has 1 saturated heterocycles. The van der Waals surface area contributed by atoms with Gasteiger partial charge in [0.2, 0.25) is 0 Å². The Labute approximate surface area is 99.4 Å². The number of carbonyl (C=O) groups is 1. The molecule has 2 rings (SSSR count). The fourth-order valence-electron chi connectivity index (χ4n) is 1.27. The van der Waals surface area contributed by atoms with Gasteiger partial charge in [-0.1, -0.05) is 30.3 Å². The number of amides is 2. The summed E-state index contributed by atoms with van der Waals surface area (Å²) >= 11 is 0. The minimum Gasteiger partial charge on any atom is -0.431 e. The van der Waals surface area contributed by atoms with E-state index in [4.69, 9.17) is 0 Å². The maximum atomic E-state index is 11.1. The first-order valence-corrected chi connectivity index (χ1v) is 3.92. The van der Waals surface area contributed by atoms with E-state index in [9.17, 15) is 4.79 Å².